The van der Waals surface area contributed by atoms with Crippen molar-refractivity contribution in [2.45, 2.75) is 19.4 Å². The van der Waals surface area contributed by atoms with Crippen LogP contribution in [0.5, 0.6) is 5.75 Å². The van der Waals surface area contributed by atoms with Gasteiger partial charge in [-0.3, -0.25) is 4.79 Å². The number of aromatic nitrogens is 1. The van der Waals surface area contributed by atoms with E-state index in [-0.39, 0.29) is 24.0 Å². The van der Waals surface area contributed by atoms with E-state index in [1.807, 2.05) is 19.1 Å². The van der Waals surface area contributed by atoms with Gasteiger partial charge in [0.2, 0.25) is 5.56 Å². The summed E-state index contributed by atoms with van der Waals surface area (Å²) in [4.78, 5) is 14.2. The van der Waals surface area contributed by atoms with Gasteiger partial charge in [-0.1, -0.05) is 6.07 Å². The molecule has 0 aliphatic carbocycles. The van der Waals surface area contributed by atoms with Crippen LogP contribution in [0.2, 0.25) is 0 Å². The molecule has 1 aliphatic rings. The van der Waals surface area contributed by atoms with Crippen LogP contribution in [0.3, 0.4) is 0 Å². The molecule has 3 rings (SSSR count). The summed E-state index contributed by atoms with van der Waals surface area (Å²) in [6.07, 6.45) is 0.825. The van der Waals surface area contributed by atoms with E-state index in [2.05, 4.69) is 4.98 Å². The first-order valence-electron chi connectivity index (χ1n) is 5.69. The third kappa shape index (κ3) is 1.98. The van der Waals surface area contributed by atoms with Crippen LogP contribution in [-0.4, -0.2) is 17.6 Å². The fraction of sp³-hybridized carbons (Fsp3) is 0.308. The molecular formula is C13H15ClN2O2. The van der Waals surface area contributed by atoms with E-state index in [0.29, 0.717) is 6.61 Å². The van der Waals surface area contributed by atoms with Gasteiger partial charge in [-0.25, -0.2) is 0 Å². The Balaban J connectivity index is 0.00000120. The summed E-state index contributed by atoms with van der Waals surface area (Å²) in [5, 5.41) is 0.964. The molecule has 2 aromatic rings. The third-order valence-electron chi connectivity index (χ3n) is 3.16. The summed E-state index contributed by atoms with van der Waals surface area (Å²) >= 11 is 0. The van der Waals surface area contributed by atoms with E-state index in [0.717, 1.165) is 34.2 Å². The first-order chi connectivity index (χ1) is 8.15. The van der Waals surface area contributed by atoms with Gasteiger partial charge in [-0.05, 0) is 30.5 Å². The topological polar surface area (TPSA) is 68.1 Å². The minimum Gasteiger partial charge on any atom is -0.491 e. The van der Waals surface area contributed by atoms with E-state index in [1.54, 1.807) is 0 Å². The van der Waals surface area contributed by atoms with Crippen molar-refractivity contribution >= 4 is 23.3 Å². The first-order valence-corrected chi connectivity index (χ1v) is 5.69. The van der Waals surface area contributed by atoms with Crippen LogP contribution in [0.25, 0.3) is 10.9 Å². The monoisotopic (exact) mass is 266 g/mol. The minimum atomic E-state index is -0.0898. The van der Waals surface area contributed by atoms with Gasteiger partial charge in [0.05, 0.1) is 5.52 Å². The fourth-order valence-electron chi connectivity index (χ4n) is 2.40. The number of pyridine rings is 1. The average Bonchev–Trinajstić information content (AvgIpc) is 2.29. The second-order valence-electron chi connectivity index (χ2n) is 4.57. The van der Waals surface area contributed by atoms with E-state index in [9.17, 15) is 4.79 Å². The number of nitrogens with two attached hydrogens (primary N) is 1. The highest BCUT2D eigenvalue weighted by molar-refractivity contribution is 5.89. The van der Waals surface area contributed by atoms with Crippen molar-refractivity contribution < 1.29 is 4.74 Å². The number of benzene rings is 1. The van der Waals surface area contributed by atoms with Crippen molar-refractivity contribution in [1.82, 2.24) is 4.98 Å². The number of fused-ring (bicyclic) bond motifs is 3. The van der Waals surface area contributed by atoms with Crippen LogP contribution in [0.4, 0.5) is 0 Å². The molecule has 0 saturated carbocycles. The lowest BCUT2D eigenvalue weighted by Gasteiger charge is -2.24. The first kappa shape index (κ1) is 12.9. The Morgan fingerprint density at radius 1 is 1.44 bits per heavy atom. The van der Waals surface area contributed by atoms with Crippen LogP contribution < -0.4 is 16.0 Å². The number of ether oxygens (including phenoxy) is 1. The van der Waals surface area contributed by atoms with Gasteiger partial charge in [-0.15, -0.1) is 12.4 Å². The van der Waals surface area contributed by atoms with E-state index >= 15 is 0 Å². The summed E-state index contributed by atoms with van der Waals surface area (Å²) in [6, 6.07) is 5.45. The maximum Gasteiger partial charge on any atom is 0.248 e. The van der Waals surface area contributed by atoms with Crippen molar-refractivity contribution in [1.29, 1.82) is 0 Å². The molecular weight excluding hydrogens is 252 g/mol. The molecule has 96 valence electrons. The van der Waals surface area contributed by atoms with Gasteiger partial charge in [0, 0.05) is 17.5 Å². The number of hydrogen-bond acceptors (Lipinski definition) is 3. The lowest BCUT2D eigenvalue weighted by Crippen LogP contribution is -2.34. The summed E-state index contributed by atoms with van der Waals surface area (Å²) < 4.78 is 5.70. The van der Waals surface area contributed by atoms with Crippen LogP contribution in [0.15, 0.2) is 23.0 Å². The number of aromatic amines is 1. The predicted molar refractivity (Wildman–Crippen MR) is 73.7 cm³/mol. The SMILES string of the molecule is Cc1cc2c(c3ccc(=O)[nH]c13)OCC(N)C2.Cl. The second-order valence-corrected chi connectivity index (χ2v) is 4.57. The van der Waals surface area contributed by atoms with Crippen molar-refractivity contribution in [3.8, 4) is 5.75 Å². The maximum atomic E-state index is 11.3. The molecule has 0 radical (unpaired) electrons. The number of hydrogen-bond donors (Lipinski definition) is 2. The molecule has 3 N–H and O–H groups in total. The predicted octanol–water partition coefficient (Wildman–Crippen LogP) is 1.52. The van der Waals surface area contributed by atoms with Crippen molar-refractivity contribution in [3.63, 3.8) is 0 Å². The normalized spacial score (nSPS) is 17.8. The molecule has 5 heteroatoms. The van der Waals surface area contributed by atoms with Gasteiger partial charge in [0.25, 0.3) is 0 Å². The Kier molecular flexibility index (Phi) is 3.32. The second kappa shape index (κ2) is 4.63. The standard InChI is InChI=1S/C13H14N2O2.ClH/c1-7-4-8-5-9(14)6-17-13(8)10-2-3-11(16)15-12(7)10;/h2-4,9H,5-6,14H2,1H3,(H,15,16);1H. The summed E-state index contributed by atoms with van der Waals surface area (Å²) in [5.74, 6) is 0.864. The number of halogens is 1. The smallest absolute Gasteiger partial charge is 0.248 e. The Labute approximate surface area is 111 Å². The number of H-pyrrole nitrogens is 1. The lowest BCUT2D eigenvalue weighted by molar-refractivity contribution is 0.267. The zero-order valence-electron chi connectivity index (χ0n) is 10.0. The summed E-state index contributed by atoms with van der Waals surface area (Å²) in [7, 11) is 0. The molecule has 0 amide bonds. The molecule has 2 heterocycles. The Hall–Kier alpha value is -1.52. The van der Waals surface area contributed by atoms with Crippen LogP contribution >= 0.6 is 12.4 Å². The summed E-state index contributed by atoms with van der Waals surface area (Å²) in [6.45, 7) is 2.52. The summed E-state index contributed by atoms with van der Waals surface area (Å²) in [5.41, 5.74) is 8.82. The quantitative estimate of drug-likeness (QED) is 0.760. The molecule has 1 aliphatic heterocycles. The lowest BCUT2D eigenvalue weighted by atomic mass is 9.97. The van der Waals surface area contributed by atoms with Crippen molar-refractivity contribution in [2.24, 2.45) is 5.73 Å². The largest absolute Gasteiger partial charge is 0.491 e. The Bertz CT molecular complexity index is 651. The molecule has 0 fully saturated rings. The fourth-order valence-corrected chi connectivity index (χ4v) is 2.40. The Morgan fingerprint density at radius 3 is 3.00 bits per heavy atom. The highest BCUT2D eigenvalue weighted by Crippen LogP contribution is 2.33. The number of nitrogens with one attached hydrogen (secondary N) is 1. The van der Waals surface area contributed by atoms with Crippen LogP contribution in [0.1, 0.15) is 11.1 Å². The molecule has 1 atom stereocenters. The molecule has 1 aromatic carbocycles. The van der Waals surface area contributed by atoms with Gasteiger partial charge in [-0.2, -0.15) is 0 Å². The molecule has 1 aromatic heterocycles. The van der Waals surface area contributed by atoms with E-state index < -0.39 is 0 Å². The number of rotatable bonds is 0. The molecule has 1 unspecified atom stereocenters. The van der Waals surface area contributed by atoms with Crippen LogP contribution in [-0.2, 0) is 6.42 Å². The van der Waals surface area contributed by atoms with Crippen LogP contribution in [0, 0.1) is 6.92 Å². The molecule has 0 bridgehead atoms. The molecule has 4 nitrogen and oxygen atoms in total. The minimum absolute atomic E-state index is 0. The molecule has 0 spiro atoms. The highest BCUT2D eigenvalue weighted by Gasteiger charge is 2.20. The van der Waals surface area contributed by atoms with E-state index in [4.69, 9.17) is 10.5 Å². The number of aryl methyl sites for hydroxylation is 1. The Morgan fingerprint density at radius 2 is 2.22 bits per heavy atom. The third-order valence-corrected chi connectivity index (χ3v) is 3.16. The zero-order chi connectivity index (χ0) is 12.0. The van der Waals surface area contributed by atoms with Gasteiger partial charge in [0.15, 0.2) is 0 Å². The van der Waals surface area contributed by atoms with Gasteiger partial charge >= 0.3 is 0 Å². The molecule has 18 heavy (non-hydrogen) atoms. The average molecular weight is 267 g/mol. The maximum absolute atomic E-state index is 11.3. The zero-order valence-corrected chi connectivity index (χ0v) is 10.8. The van der Waals surface area contributed by atoms with Crippen molar-refractivity contribution in [2.75, 3.05) is 6.61 Å². The van der Waals surface area contributed by atoms with E-state index in [1.165, 1.54) is 6.07 Å². The molecule has 0 saturated heterocycles. The van der Waals surface area contributed by atoms with Gasteiger partial charge in [0.1, 0.15) is 12.4 Å². The van der Waals surface area contributed by atoms with Gasteiger partial charge < -0.3 is 15.5 Å². The highest BCUT2D eigenvalue weighted by atomic mass is 35.5. The van der Waals surface area contributed by atoms with Crippen molar-refractivity contribution in [3.05, 3.63) is 39.7 Å².